The van der Waals surface area contributed by atoms with Crippen LogP contribution >= 0.6 is 0 Å². The topological polar surface area (TPSA) is 298 Å². The van der Waals surface area contributed by atoms with Crippen molar-refractivity contribution in [2.45, 2.75) is 262 Å². The van der Waals surface area contributed by atoms with Gasteiger partial charge in [0.05, 0.1) is 44.2 Å². The minimum Gasteiger partial charge on any atom is -0.381 e. The van der Waals surface area contributed by atoms with Gasteiger partial charge in [-0.2, -0.15) is 13.2 Å². The molecule has 3 N–H and O–H groups in total. The number of halogens is 3. The number of methoxy groups -OCH3 is 1. The molecule has 6 fully saturated rings. The monoisotopic (exact) mass is 1530 g/mol. The summed E-state index contributed by atoms with van der Waals surface area (Å²) in [4.78, 5) is 194. The van der Waals surface area contributed by atoms with E-state index < -0.39 is 192 Å². The quantitative estimate of drug-likeness (QED) is 0.160. The average molecular weight is 1530 g/mol. The number of alkyl halides is 3. The normalized spacial score (nSPS) is 31.6. The molecule has 4 aliphatic carbocycles. The number of hydrogen-bond donors (Lipinski definition) is 3. The Morgan fingerprint density at radius 2 is 1.33 bits per heavy atom. The smallest absolute Gasteiger partial charge is 0.381 e. The molecule has 0 aromatic carbocycles. The van der Waals surface area contributed by atoms with E-state index in [2.05, 4.69) is 22.9 Å². The molecule has 1 spiro atoms. The summed E-state index contributed by atoms with van der Waals surface area (Å²) in [5.74, 6) is -10.8. The Kier molecular flexibility index (Phi) is 31.7. The molecule has 30 heteroatoms. The first-order valence-electron chi connectivity index (χ1n) is 39.6. The highest BCUT2D eigenvalue weighted by Crippen LogP contribution is 2.50. The molecule has 0 aromatic heterocycles. The SMILES string of the molecule is CCOC[C@H]1C(=O)N[C@@H]([C@@H](C)CC)C(=O)N(C)CC(=O)N(C)[C@H]2C/C=C\CCN(C2=O)[C@@H](CC2CCC(C)CC2)C(=O)N(C)CC(=O)N[C@@H](CCC2CCC(C(F)(F)F)C(OC)C2)C(=O)N2C[C@H](OCC)C[C@H]2C(=O)NC2(CC(C)(C)C2)C(=O)N(C)[C@@H](C2CCCC2)C(=O)N(C)[C@H](C(=O)N(C)CC)CC(=O)N1C. The van der Waals surface area contributed by atoms with E-state index in [9.17, 15) is 37.1 Å². The van der Waals surface area contributed by atoms with E-state index in [1.54, 1.807) is 33.8 Å². The van der Waals surface area contributed by atoms with Gasteiger partial charge in [0.15, 0.2) is 0 Å². The zero-order valence-corrected chi connectivity index (χ0v) is 67.2. The van der Waals surface area contributed by atoms with Gasteiger partial charge in [0, 0.05) is 95.7 Å². The van der Waals surface area contributed by atoms with E-state index in [4.69, 9.17) is 14.2 Å². The predicted octanol–water partition coefficient (Wildman–Crippen LogP) is 5.55. The number of carbonyl (C=O) groups excluding carboxylic acids is 12. The van der Waals surface area contributed by atoms with Gasteiger partial charge in [-0.25, -0.2) is 0 Å². The van der Waals surface area contributed by atoms with E-state index in [-0.39, 0.29) is 110 Å². The van der Waals surface area contributed by atoms with E-state index >= 15 is 33.6 Å². The Morgan fingerprint density at radius 1 is 0.685 bits per heavy atom. The zero-order chi connectivity index (χ0) is 80.0. The Hall–Kier alpha value is -6.95. The van der Waals surface area contributed by atoms with Gasteiger partial charge < -0.3 is 74.3 Å². The molecule has 0 aromatic rings. The van der Waals surface area contributed by atoms with Crippen molar-refractivity contribution in [1.82, 2.24) is 60.0 Å². The second kappa shape index (κ2) is 38.8. The fourth-order valence-electron chi connectivity index (χ4n) is 17.8. The van der Waals surface area contributed by atoms with E-state index in [0.29, 0.717) is 44.4 Å². The standard InChI is InChI=1S/C78H127F3N12O15/c1-17-49(6)65-73(103)87(11)44-64(96)88(12)56-28-22-21-25-37-92(72(56)102)59(38-50-31-29-48(5)30-32-50)71(101)86(10)43-62(94)82-55(36-34-51-33-35-54(78(79,80)81)61(39-51)106-16)69(99)93-42-53(108-20-4)40-57(93)68(98)84-77(46-76(7,8)47-77)75(105)91(15)66(52-26-23-24-27-52)74(104)90(14)58(70(100)85(9)18-2)41-63(95)89(13)60(45-107-19-3)67(97)83-65/h21-22,48-61,65-66H,17-20,23-47H2,1-16H3,(H,82,94)(H,83,97)(H,84,98)/b22-21-/t48?,49-,50?,51?,53+,54?,55-,56-,57-,58-,59-,60-,61?,65-,66-/m0/s1. The van der Waals surface area contributed by atoms with Gasteiger partial charge in [0.1, 0.15) is 53.9 Å². The summed E-state index contributed by atoms with van der Waals surface area (Å²) < 4.78 is 60.5. The molecular formula is C78H127F3N12O15. The Labute approximate surface area is 637 Å². The number of fused-ring (bicyclic) bond motifs is 3. The largest absolute Gasteiger partial charge is 0.394 e. The number of ether oxygens (including phenoxy) is 3. The first-order chi connectivity index (χ1) is 50.9. The number of nitrogens with one attached hydrogen (secondary N) is 3. The van der Waals surface area contributed by atoms with Crippen LogP contribution < -0.4 is 16.0 Å². The number of carbonyl (C=O) groups is 12. The maximum atomic E-state index is 15.9. The highest BCUT2D eigenvalue weighted by atomic mass is 19.4. The summed E-state index contributed by atoms with van der Waals surface area (Å²) in [7, 11) is 11.3. The van der Waals surface area contributed by atoms with Crippen LogP contribution in [0.15, 0.2) is 12.2 Å². The first kappa shape index (κ1) is 88.3. The molecule has 27 nitrogen and oxygen atoms in total. The molecule has 108 heavy (non-hydrogen) atoms. The van der Waals surface area contributed by atoms with Gasteiger partial charge in [-0.3, -0.25) is 57.5 Å². The summed E-state index contributed by atoms with van der Waals surface area (Å²) in [6.45, 7) is 13.6. The first-order valence-corrected chi connectivity index (χ1v) is 39.6. The van der Waals surface area contributed by atoms with Crippen molar-refractivity contribution in [2.24, 2.45) is 40.9 Å². The summed E-state index contributed by atoms with van der Waals surface area (Å²) >= 11 is 0. The fourth-order valence-corrected chi connectivity index (χ4v) is 17.8. The van der Waals surface area contributed by atoms with Crippen molar-refractivity contribution in [3.8, 4) is 0 Å². The minimum absolute atomic E-state index is 0.00774. The molecule has 7 rings (SSSR count). The number of hydrogen-bond acceptors (Lipinski definition) is 15. The lowest BCUT2D eigenvalue weighted by atomic mass is 9.58. The molecule has 3 aliphatic heterocycles. The molecular weight excluding hydrogens is 1400 g/mol. The van der Waals surface area contributed by atoms with Gasteiger partial charge in [0.25, 0.3) is 0 Å². The van der Waals surface area contributed by atoms with Crippen LogP contribution in [0, 0.1) is 40.9 Å². The average Bonchev–Trinajstić information content (AvgIpc) is 0.978. The Morgan fingerprint density at radius 3 is 1.94 bits per heavy atom. The maximum absolute atomic E-state index is 15.9. The number of rotatable bonds is 16. The second-order valence-electron chi connectivity index (χ2n) is 33.0. The molecule has 3 unspecified atom stereocenters. The third-order valence-electron chi connectivity index (χ3n) is 24.6. The van der Waals surface area contributed by atoms with Gasteiger partial charge >= 0.3 is 6.18 Å². The highest BCUT2D eigenvalue weighted by Gasteiger charge is 2.60. The lowest BCUT2D eigenvalue weighted by Gasteiger charge is -2.54. The summed E-state index contributed by atoms with van der Waals surface area (Å²) in [5.41, 5.74) is -2.19. The van der Waals surface area contributed by atoms with Crippen LogP contribution in [-0.2, 0) is 71.7 Å². The minimum atomic E-state index is -4.53. The Bertz CT molecular complexity index is 3190. The molecule has 13 atom stereocenters. The van der Waals surface area contributed by atoms with Crippen molar-refractivity contribution in [3.63, 3.8) is 0 Å². The fraction of sp³-hybridized carbons (Fsp3) is 0.821. The molecule has 2 saturated heterocycles. The summed E-state index contributed by atoms with van der Waals surface area (Å²) in [5, 5.41) is 8.84. The van der Waals surface area contributed by atoms with E-state index in [1.807, 2.05) is 26.8 Å². The second-order valence-corrected chi connectivity index (χ2v) is 33.0. The van der Waals surface area contributed by atoms with Crippen molar-refractivity contribution in [1.29, 1.82) is 0 Å². The van der Waals surface area contributed by atoms with Crippen LogP contribution in [0.1, 0.15) is 190 Å². The van der Waals surface area contributed by atoms with Crippen LogP contribution in [-0.4, -0.2) is 296 Å². The van der Waals surface area contributed by atoms with Crippen molar-refractivity contribution in [2.75, 3.05) is 109 Å². The van der Waals surface area contributed by atoms with Gasteiger partial charge in [-0.05, 0) is 133 Å². The number of nitrogens with zero attached hydrogens (tertiary/aromatic N) is 9. The van der Waals surface area contributed by atoms with Crippen LogP contribution in [0.4, 0.5) is 13.2 Å². The third-order valence-corrected chi connectivity index (χ3v) is 24.6. The van der Waals surface area contributed by atoms with Crippen LogP contribution in [0.5, 0.6) is 0 Å². The molecule has 4 saturated carbocycles. The molecule has 610 valence electrons. The van der Waals surface area contributed by atoms with Gasteiger partial charge in [-0.1, -0.05) is 91.7 Å². The van der Waals surface area contributed by atoms with Gasteiger partial charge in [0.2, 0.25) is 70.9 Å². The van der Waals surface area contributed by atoms with Gasteiger partial charge in [-0.15, -0.1) is 0 Å². The van der Waals surface area contributed by atoms with Crippen LogP contribution in [0.2, 0.25) is 0 Å². The van der Waals surface area contributed by atoms with E-state index in [1.165, 1.54) is 90.7 Å². The predicted molar refractivity (Wildman–Crippen MR) is 397 cm³/mol. The van der Waals surface area contributed by atoms with Crippen LogP contribution in [0.3, 0.4) is 0 Å². The lowest BCUT2D eigenvalue weighted by molar-refractivity contribution is -0.215. The molecule has 12 amide bonds. The van der Waals surface area contributed by atoms with Crippen molar-refractivity contribution >= 4 is 70.9 Å². The third kappa shape index (κ3) is 21.6. The number of likely N-dealkylation sites (N-methyl/N-ethyl adjacent to an activating group) is 7. The Balaban J connectivity index is 1.34. The molecule has 0 radical (unpaired) electrons. The highest BCUT2D eigenvalue weighted by molar-refractivity contribution is 6.01. The molecule has 3 heterocycles. The van der Waals surface area contributed by atoms with Crippen LogP contribution in [0.25, 0.3) is 0 Å². The summed E-state index contributed by atoms with van der Waals surface area (Å²) in [6, 6.07) is -10.5. The maximum Gasteiger partial charge on any atom is 0.394 e. The van der Waals surface area contributed by atoms with Crippen molar-refractivity contribution < 1.29 is 84.9 Å². The summed E-state index contributed by atoms with van der Waals surface area (Å²) in [6.07, 6.45) is 3.40. The van der Waals surface area contributed by atoms with E-state index in [0.717, 1.165) is 35.5 Å². The molecule has 2 bridgehead atoms. The van der Waals surface area contributed by atoms with Crippen molar-refractivity contribution in [3.05, 3.63) is 12.2 Å². The molecule has 7 aliphatic rings. The zero-order valence-electron chi connectivity index (χ0n) is 67.2. The lowest BCUT2D eigenvalue weighted by Crippen LogP contribution is -2.71. The number of amides is 12.